The van der Waals surface area contributed by atoms with Gasteiger partial charge < -0.3 is 10.2 Å². The zero-order chi connectivity index (χ0) is 11.8. The highest BCUT2D eigenvalue weighted by Crippen LogP contribution is 1.97. The number of nitrogens with zero attached hydrogens (tertiary/aromatic N) is 1. The fourth-order valence-corrected chi connectivity index (χ4v) is 1.15. The molecule has 1 aromatic rings. The first-order valence-electron chi connectivity index (χ1n) is 4.91. The molecule has 1 aromatic carbocycles. The van der Waals surface area contributed by atoms with Crippen LogP contribution in [0.2, 0.25) is 0 Å². The Bertz CT molecular complexity index is 366. The summed E-state index contributed by atoms with van der Waals surface area (Å²) < 4.78 is 4.66. The van der Waals surface area contributed by atoms with Crippen molar-refractivity contribution in [3.05, 3.63) is 35.9 Å². The topological polar surface area (TPSA) is 50.7 Å². The highest BCUT2D eigenvalue weighted by Gasteiger charge is 2.08. The highest BCUT2D eigenvalue weighted by molar-refractivity contribution is 6.81. The maximum atomic E-state index is 11.1. The lowest BCUT2D eigenvalue weighted by atomic mass is 10.2. The number of hydrogen-bond acceptors (Lipinski definition) is 4. The van der Waals surface area contributed by atoms with Gasteiger partial charge in [-0.05, 0) is 12.5 Å². The zero-order valence-corrected chi connectivity index (χ0v) is 9.70. The van der Waals surface area contributed by atoms with E-state index in [9.17, 15) is 4.79 Å². The molecule has 4 nitrogen and oxygen atoms in total. The van der Waals surface area contributed by atoms with Crippen molar-refractivity contribution in [3.63, 3.8) is 0 Å². The maximum absolute atomic E-state index is 11.1. The predicted molar refractivity (Wildman–Crippen MR) is 63.2 cm³/mol. The second kappa shape index (κ2) is 6.85. The Kier molecular flexibility index (Phi) is 5.36. The molecule has 0 radical (unpaired) electrons. The van der Waals surface area contributed by atoms with Gasteiger partial charge >= 0.3 is 5.97 Å². The summed E-state index contributed by atoms with van der Waals surface area (Å²) in [5.74, 6) is -0.621. The number of hydrazone groups is 1. The summed E-state index contributed by atoms with van der Waals surface area (Å²) >= 11 is 5.59. The third-order valence-electron chi connectivity index (χ3n) is 1.75. The number of benzene rings is 1. The Balaban J connectivity index is 2.39. The summed E-state index contributed by atoms with van der Waals surface area (Å²) in [6.07, 6.45) is 0. The van der Waals surface area contributed by atoms with Crippen LogP contribution in [-0.4, -0.2) is 17.7 Å². The number of hydrogen-bond donors (Lipinski definition) is 1. The predicted octanol–water partition coefficient (Wildman–Crippen LogP) is 1.89. The van der Waals surface area contributed by atoms with Gasteiger partial charge in [-0.25, -0.2) is 4.79 Å². The molecule has 0 fully saturated rings. The fourth-order valence-electron chi connectivity index (χ4n) is 1.03. The first-order chi connectivity index (χ1) is 7.74. The van der Waals surface area contributed by atoms with E-state index in [-0.39, 0.29) is 11.8 Å². The van der Waals surface area contributed by atoms with Crippen molar-refractivity contribution in [3.8, 4) is 0 Å². The van der Waals surface area contributed by atoms with Crippen molar-refractivity contribution in [2.24, 2.45) is 5.10 Å². The summed E-state index contributed by atoms with van der Waals surface area (Å²) in [5, 5.41) is 3.50. The fraction of sp³-hybridized carbons (Fsp3) is 0.273. The summed E-state index contributed by atoms with van der Waals surface area (Å²) in [6, 6.07) is 9.67. The molecule has 16 heavy (non-hydrogen) atoms. The van der Waals surface area contributed by atoms with Crippen molar-refractivity contribution in [2.75, 3.05) is 6.61 Å². The smallest absolute Gasteiger partial charge is 0.370 e. The quantitative estimate of drug-likeness (QED) is 0.486. The van der Waals surface area contributed by atoms with E-state index >= 15 is 0 Å². The van der Waals surface area contributed by atoms with E-state index < -0.39 is 5.97 Å². The summed E-state index contributed by atoms with van der Waals surface area (Å²) in [5.41, 5.74) is 3.75. The Morgan fingerprint density at radius 1 is 1.44 bits per heavy atom. The molecule has 0 aromatic heterocycles. The lowest BCUT2D eigenvalue weighted by molar-refractivity contribution is -0.134. The van der Waals surface area contributed by atoms with Crippen molar-refractivity contribution < 1.29 is 9.53 Å². The number of esters is 1. The number of carbonyl (C=O) groups excluding carboxylic acids is 1. The first-order valence-corrected chi connectivity index (χ1v) is 5.29. The molecule has 0 saturated carbocycles. The van der Waals surface area contributed by atoms with Crippen LogP contribution in [0.1, 0.15) is 12.5 Å². The summed E-state index contributed by atoms with van der Waals surface area (Å²) in [7, 11) is 0. The van der Waals surface area contributed by atoms with Gasteiger partial charge in [0, 0.05) is 0 Å². The average molecular weight is 241 g/mol. The van der Waals surface area contributed by atoms with E-state index in [1.165, 1.54) is 0 Å². The third-order valence-corrected chi connectivity index (χ3v) is 1.99. The van der Waals surface area contributed by atoms with Crippen LogP contribution in [0.4, 0.5) is 0 Å². The Labute approximate surface area is 99.2 Å². The van der Waals surface area contributed by atoms with Gasteiger partial charge in [0.2, 0.25) is 5.17 Å². The Morgan fingerprint density at radius 3 is 2.75 bits per heavy atom. The number of rotatable bonds is 5. The van der Waals surface area contributed by atoms with Crippen LogP contribution in [0, 0.1) is 0 Å². The van der Waals surface area contributed by atoms with Crippen molar-refractivity contribution in [2.45, 2.75) is 13.5 Å². The van der Waals surface area contributed by atoms with Crippen LogP contribution in [0.3, 0.4) is 0 Å². The molecule has 1 rings (SSSR count). The second-order valence-electron chi connectivity index (χ2n) is 2.94. The van der Waals surface area contributed by atoms with Gasteiger partial charge in [0.15, 0.2) is 0 Å². The number of carbonyl (C=O) groups is 1. The molecule has 0 spiro atoms. The standard InChI is InChI=1S/C11H13ClN2O2/c1-2-16-11(15)10(12)14-13-8-9-6-4-3-5-7-9/h3-7,13H,2,8H2,1H3. The lowest BCUT2D eigenvalue weighted by Gasteiger charge is -2.02. The number of nitrogens with one attached hydrogen (secondary N) is 1. The van der Waals surface area contributed by atoms with Crippen LogP contribution in [0.5, 0.6) is 0 Å². The monoisotopic (exact) mass is 240 g/mol. The maximum Gasteiger partial charge on any atom is 0.370 e. The van der Waals surface area contributed by atoms with E-state index in [2.05, 4.69) is 15.3 Å². The number of ether oxygens (including phenoxy) is 1. The number of halogens is 1. The first kappa shape index (κ1) is 12.5. The molecule has 0 amide bonds. The van der Waals surface area contributed by atoms with Gasteiger partial charge in [-0.3, -0.25) is 0 Å². The minimum Gasteiger partial charge on any atom is -0.461 e. The summed E-state index contributed by atoms with van der Waals surface area (Å²) in [6.45, 7) is 2.50. The van der Waals surface area contributed by atoms with Gasteiger partial charge in [0.25, 0.3) is 0 Å². The Morgan fingerprint density at radius 2 is 2.12 bits per heavy atom. The van der Waals surface area contributed by atoms with E-state index in [4.69, 9.17) is 11.6 Å². The molecule has 0 aliphatic heterocycles. The van der Waals surface area contributed by atoms with E-state index in [0.717, 1.165) is 5.56 Å². The van der Waals surface area contributed by atoms with Crippen LogP contribution in [0.15, 0.2) is 35.4 Å². The highest BCUT2D eigenvalue weighted by atomic mass is 35.5. The van der Waals surface area contributed by atoms with Crippen molar-refractivity contribution in [1.82, 2.24) is 5.43 Å². The Hall–Kier alpha value is -1.55. The molecule has 0 saturated heterocycles. The van der Waals surface area contributed by atoms with Crippen molar-refractivity contribution >= 4 is 22.7 Å². The molecule has 0 heterocycles. The molecular weight excluding hydrogens is 228 g/mol. The average Bonchev–Trinajstić information content (AvgIpc) is 2.30. The van der Waals surface area contributed by atoms with Crippen LogP contribution < -0.4 is 5.43 Å². The molecule has 0 aliphatic rings. The molecule has 0 unspecified atom stereocenters. The molecule has 0 atom stereocenters. The van der Waals surface area contributed by atoms with E-state index in [1.54, 1.807) is 6.92 Å². The molecular formula is C11H13ClN2O2. The zero-order valence-electron chi connectivity index (χ0n) is 8.94. The molecule has 5 heteroatoms. The lowest BCUT2D eigenvalue weighted by Crippen LogP contribution is -2.16. The van der Waals surface area contributed by atoms with Gasteiger partial charge in [-0.1, -0.05) is 41.9 Å². The van der Waals surface area contributed by atoms with Gasteiger partial charge in [-0.2, -0.15) is 5.10 Å². The minimum atomic E-state index is -0.621. The van der Waals surface area contributed by atoms with Gasteiger partial charge in [-0.15, -0.1) is 0 Å². The normalized spacial score (nSPS) is 11.0. The molecule has 86 valence electrons. The minimum absolute atomic E-state index is 0.196. The van der Waals surface area contributed by atoms with E-state index in [0.29, 0.717) is 6.54 Å². The largest absolute Gasteiger partial charge is 0.461 e. The van der Waals surface area contributed by atoms with Crippen LogP contribution >= 0.6 is 11.6 Å². The van der Waals surface area contributed by atoms with Crippen LogP contribution in [0.25, 0.3) is 0 Å². The van der Waals surface area contributed by atoms with Crippen molar-refractivity contribution in [1.29, 1.82) is 0 Å². The molecule has 1 N–H and O–H groups in total. The SMILES string of the molecule is CCOC(=O)C(Cl)=NNCc1ccccc1. The molecule has 0 aliphatic carbocycles. The van der Waals surface area contributed by atoms with Crippen LogP contribution in [-0.2, 0) is 16.1 Å². The van der Waals surface area contributed by atoms with Gasteiger partial charge in [0.05, 0.1) is 13.2 Å². The second-order valence-corrected chi connectivity index (χ2v) is 3.30. The molecule has 0 bridgehead atoms. The van der Waals surface area contributed by atoms with E-state index in [1.807, 2.05) is 30.3 Å². The third kappa shape index (κ3) is 4.31. The van der Waals surface area contributed by atoms with Gasteiger partial charge in [0.1, 0.15) is 0 Å². The summed E-state index contributed by atoms with van der Waals surface area (Å²) in [4.78, 5) is 11.1.